The fraction of sp³-hybridized carbons (Fsp3) is 0.357. The summed E-state index contributed by atoms with van der Waals surface area (Å²) in [6.45, 7) is 13.8. The van der Waals surface area contributed by atoms with Gasteiger partial charge in [0, 0.05) is 54.9 Å². The average molecular weight is 483 g/mol. The molecule has 2 atom stereocenters. The first-order valence-electron chi connectivity index (χ1n) is 12.7. The van der Waals surface area contributed by atoms with Crippen LogP contribution in [0.5, 0.6) is 0 Å². The van der Waals surface area contributed by atoms with Crippen LogP contribution in [0.3, 0.4) is 0 Å². The van der Waals surface area contributed by atoms with Crippen LogP contribution in [0, 0.1) is 13.8 Å². The van der Waals surface area contributed by atoms with Gasteiger partial charge in [-0.3, -0.25) is 4.90 Å². The molecule has 2 aromatic carbocycles. The molecule has 8 nitrogen and oxygen atoms in total. The molecule has 6 rings (SSSR count). The van der Waals surface area contributed by atoms with E-state index in [1.165, 1.54) is 16.7 Å². The van der Waals surface area contributed by atoms with Crippen molar-refractivity contribution in [1.82, 2.24) is 25.3 Å². The van der Waals surface area contributed by atoms with Gasteiger partial charge in [-0.1, -0.05) is 18.7 Å². The van der Waals surface area contributed by atoms with E-state index in [1.54, 1.807) is 0 Å². The number of likely N-dealkylation sites (tertiary alicyclic amines) is 1. The van der Waals surface area contributed by atoms with Gasteiger partial charge in [-0.25, -0.2) is 9.97 Å². The van der Waals surface area contributed by atoms with Crippen LogP contribution in [0.15, 0.2) is 49.2 Å². The quantitative estimate of drug-likeness (QED) is 0.408. The Hall–Kier alpha value is -3.62. The standard InChI is InChI=1S/C28H34N8/c1-17-9-18(2)11-23(10-17)30-28-29-14-22-15-35(16-27(22)31-28)24-7-8-36(19(3)12-24)20(4)21-5-6-25-26(13-21)33-34-32-25/h5-6,9-11,13-14,19,24,32-34H,4,7-8,12,15-16H2,1-3H3,(H,29,30,31)/t19-,24+/m1/s1. The molecule has 0 unspecified atom stereocenters. The highest BCUT2D eigenvalue weighted by atomic mass is 15.6. The number of hydrogen-bond donors (Lipinski definition) is 4. The van der Waals surface area contributed by atoms with E-state index in [2.05, 4.69) is 100 Å². The molecule has 4 heterocycles. The molecule has 0 saturated carbocycles. The van der Waals surface area contributed by atoms with Crippen molar-refractivity contribution in [2.45, 2.75) is 58.8 Å². The Morgan fingerprint density at radius 3 is 2.67 bits per heavy atom. The second-order valence-electron chi connectivity index (χ2n) is 10.4. The number of aryl methyl sites for hydroxylation is 2. The molecule has 4 N–H and O–H groups in total. The van der Waals surface area contributed by atoms with Crippen molar-refractivity contribution in [1.29, 1.82) is 0 Å². The predicted octanol–water partition coefficient (Wildman–Crippen LogP) is 4.93. The number of nitrogens with zero attached hydrogens (tertiary/aromatic N) is 4. The second-order valence-corrected chi connectivity index (χ2v) is 10.4. The van der Waals surface area contributed by atoms with Crippen LogP contribution < -0.4 is 21.7 Å². The van der Waals surface area contributed by atoms with Gasteiger partial charge >= 0.3 is 0 Å². The lowest BCUT2D eigenvalue weighted by Crippen LogP contribution is -2.46. The van der Waals surface area contributed by atoms with Crippen molar-refractivity contribution in [2.24, 2.45) is 0 Å². The fourth-order valence-corrected chi connectivity index (χ4v) is 5.82. The van der Waals surface area contributed by atoms with E-state index in [1.807, 2.05) is 6.20 Å². The number of nitrogens with one attached hydrogen (secondary N) is 4. The first-order chi connectivity index (χ1) is 17.4. The van der Waals surface area contributed by atoms with Gasteiger partial charge in [-0.15, -0.1) is 5.53 Å². The lowest BCUT2D eigenvalue weighted by atomic mass is 9.95. The molecule has 0 aliphatic carbocycles. The molecule has 3 aliphatic rings. The maximum Gasteiger partial charge on any atom is 0.227 e. The van der Waals surface area contributed by atoms with Crippen molar-refractivity contribution in [2.75, 3.05) is 22.7 Å². The summed E-state index contributed by atoms with van der Waals surface area (Å²) in [5.74, 6) is 0.675. The lowest BCUT2D eigenvalue weighted by molar-refractivity contribution is 0.102. The fourth-order valence-electron chi connectivity index (χ4n) is 5.82. The summed E-state index contributed by atoms with van der Waals surface area (Å²) in [6.07, 6.45) is 4.23. The molecule has 186 valence electrons. The smallest absolute Gasteiger partial charge is 0.227 e. The highest BCUT2D eigenvalue weighted by molar-refractivity contribution is 5.77. The van der Waals surface area contributed by atoms with Crippen LogP contribution >= 0.6 is 0 Å². The summed E-state index contributed by atoms with van der Waals surface area (Å²) in [4.78, 5) is 14.5. The summed E-state index contributed by atoms with van der Waals surface area (Å²) < 4.78 is 0. The summed E-state index contributed by atoms with van der Waals surface area (Å²) >= 11 is 0. The molecular weight excluding hydrogens is 448 g/mol. The zero-order valence-corrected chi connectivity index (χ0v) is 21.2. The highest BCUT2D eigenvalue weighted by Crippen LogP contribution is 2.35. The summed E-state index contributed by atoms with van der Waals surface area (Å²) in [6, 6.07) is 13.8. The summed E-state index contributed by atoms with van der Waals surface area (Å²) in [5.41, 5.74) is 19.4. The molecular formula is C28H34N8. The molecule has 0 amide bonds. The normalized spacial score (nSPS) is 20.9. The van der Waals surface area contributed by atoms with E-state index in [9.17, 15) is 0 Å². The molecule has 8 heteroatoms. The minimum atomic E-state index is 0.422. The Morgan fingerprint density at radius 2 is 1.86 bits per heavy atom. The summed E-state index contributed by atoms with van der Waals surface area (Å²) in [5, 5.41) is 3.40. The predicted molar refractivity (Wildman–Crippen MR) is 146 cm³/mol. The zero-order chi connectivity index (χ0) is 24.8. The van der Waals surface area contributed by atoms with Crippen LogP contribution in [0.1, 0.15) is 47.7 Å². The van der Waals surface area contributed by atoms with Crippen molar-refractivity contribution in [3.63, 3.8) is 0 Å². The Balaban J connectivity index is 1.09. The molecule has 1 fully saturated rings. The van der Waals surface area contributed by atoms with Gasteiger partial charge in [0.1, 0.15) is 0 Å². The van der Waals surface area contributed by atoms with Gasteiger partial charge in [0.15, 0.2) is 0 Å². The van der Waals surface area contributed by atoms with Crippen molar-refractivity contribution in [3.05, 3.63) is 77.1 Å². The van der Waals surface area contributed by atoms with Crippen LogP contribution in [0.25, 0.3) is 5.70 Å². The van der Waals surface area contributed by atoms with Gasteiger partial charge in [0.25, 0.3) is 0 Å². The van der Waals surface area contributed by atoms with E-state index in [0.29, 0.717) is 18.0 Å². The Kier molecular flexibility index (Phi) is 5.78. The third kappa shape index (κ3) is 4.38. The molecule has 1 aromatic heterocycles. The number of benzene rings is 2. The van der Waals surface area contributed by atoms with Gasteiger partial charge in [0.05, 0.1) is 17.1 Å². The largest absolute Gasteiger partial charge is 0.369 e. The van der Waals surface area contributed by atoms with Crippen LogP contribution in [-0.2, 0) is 13.1 Å². The molecule has 0 spiro atoms. The number of anilines is 4. The second kappa shape index (κ2) is 9.11. The van der Waals surface area contributed by atoms with Gasteiger partial charge < -0.3 is 21.1 Å². The Bertz CT molecular complexity index is 1300. The molecule has 0 radical (unpaired) electrons. The third-order valence-electron chi connectivity index (χ3n) is 7.62. The van der Waals surface area contributed by atoms with E-state index in [-0.39, 0.29) is 0 Å². The van der Waals surface area contributed by atoms with E-state index in [0.717, 1.165) is 66.5 Å². The van der Waals surface area contributed by atoms with Crippen molar-refractivity contribution >= 4 is 28.7 Å². The van der Waals surface area contributed by atoms with Crippen LogP contribution in [0.2, 0.25) is 0 Å². The number of rotatable bonds is 5. The van der Waals surface area contributed by atoms with Crippen molar-refractivity contribution in [3.8, 4) is 0 Å². The molecule has 3 aromatic rings. The van der Waals surface area contributed by atoms with Crippen LogP contribution in [-0.4, -0.2) is 38.4 Å². The molecule has 3 aliphatic heterocycles. The van der Waals surface area contributed by atoms with Crippen LogP contribution in [0.4, 0.5) is 23.0 Å². The number of piperidine rings is 1. The van der Waals surface area contributed by atoms with Gasteiger partial charge in [-0.2, -0.15) is 0 Å². The first-order valence-corrected chi connectivity index (χ1v) is 12.7. The monoisotopic (exact) mass is 482 g/mol. The topological polar surface area (TPSA) is 80.4 Å². The lowest BCUT2D eigenvalue weighted by Gasteiger charge is -2.43. The van der Waals surface area contributed by atoms with E-state index < -0.39 is 0 Å². The Labute approximate surface area is 212 Å². The first kappa shape index (κ1) is 22.8. The molecule has 36 heavy (non-hydrogen) atoms. The molecule has 0 bridgehead atoms. The maximum atomic E-state index is 4.88. The third-order valence-corrected chi connectivity index (χ3v) is 7.62. The van der Waals surface area contributed by atoms with E-state index in [4.69, 9.17) is 4.98 Å². The van der Waals surface area contributed by atoms with E-state index >= 15 is 0 Å². The highest BCUT2D eigenvalue weighted by Gasteiger charge is 2.34. The van der Waals surface area contributed by atoms with Crippen molar-refractivity contribution < 1.29 is 0 Å². The summed E-state index contributed by atoms with van der Waals surface area (Å²) in [7, 11) is 0. The SMILES string of the molecule is C=C(c1ccc2c(c1)NNN2)N1CC[C@H](N2Cc3cnc(Nc4cc(C)cc(C)c4)nc3C2)C[C@H]1C. The van der Waals surface area contributed by atoms with Gasteiger partial charge in [0.2, 0.25) is 5.95 Å². The number of hydrazine groups is 2. The number of aromatic nitrogens is 2. The minimum Gasteiger partial charge on any atom is -0.369 e. The number of fused-ring (bicyclic) bond motifs is 2. The maximum absolute atomic E-state index is 4.88. The molecule has 1 saturated heterocycles. The minimum absolute atomic E-state index is 0.422. The average Bonchev–Trinajstić information content (AvgIpc) is 3.49. The van der Waals surface area contributed by atoms with Gasteiger partial charge in [-0.05, 0) is 74.6 Å². The zero-order valence-electron chi connectivity index (χ0n) is 21.2. The Morgan fingerprint density at radius 1 is 1.06 bits per heavy atom. The number of hydrogen-bond acceptors (Lipinski definition) is 8.